The Morgan fingerprint density at radius 3 is 2.19 bits per heavy atom. The molecule has 1 aromatic heterocycles. The molecule has 1 fully saturated rings. The van der Waals surface area contributed by atoms with Crippen LogP contribution in [0.25, 0.3) is 23.1 Å². The first-order valence-corrected chi connectivity index (χ1v) is 18.2. The van der Waals surface area contributed by atoms with Crippen LogP contribution in [0.4, 0.5) is 0 Å². The largest absolute Gasteiger partial charge is 0.481 e. The summed E-state index contributed by atoms with van der Waals surface area (Å²) in [6.45, 7) is 3.97. The van der Waals surface area contributed by atoms with E-state index in [1.54, 1.807) is 0 Å². The maximum absolute atomic E-state index is 10.7. The number of carbonyl (C=O) groups is 3. The van der Waals surface area contributed by atoms with E-state index >= 15 is 0 Å². The fourth-order valence-corrected chi connectivity index (χ4v) is 7.45. The third-order valence-corrected chi connectivity index (χ3v) is 10.9. The number of aliphatic carboxylic acids is 3. The standard InChI is InChI=1S/C34H36ClNO2S.C6H8O7/c1-33(2,38)30-9-4-3-7-25(30)13-17-32(39-23-34(22-37)18-19-34)27-8-5-6-24(20-27)10-15-29-16-12-26-11-14-28(35)21-31(26)36-29;7-3(8)1-6(13,5(11)12)2-4(9)10/h3-12,14-16,20-21,32,37-38H,13,17-19,22-23H2,1-2H3;13H,1-2H2,(H,7,8)(H,9,10)(H,11,12)/b15-10+;/t32-;/m1./s1. The average Bonchev–Trinajstić information content (AvgIpc) is 3.87. The van der Waals surface area contributed by atoms with Crippen molar-refractivity contribution >= 4 is 64.3 Å². The number of aliphatic hydroxyl groups excluding tert-OH is 1. The minimum Gasteiger partial charge on any atom is -0.481 e. The molecule has 1 aliphatic rings. The lowest BCUT2D eigenvalue weighted by atomic mass is 9.90. The Morgan fingerprint density at radius 1 is 0.904 bits per heavy atom. The molecule has 0 radical (unpaired) electrons. The van der Waals surface area contributed by atoms with E-state index in [2.05, 4.69) is 48.5 Å². The van der Waals surface area contributed by atoms with Gasteiger partial charge in [0, 0.05) is 33.4 Å². The molecule has 1 atom stereocenters. The minimum atomic E-state index is -2.74. The summed E-state index contributed by atoms with van der Waals surface area (Å²) < 4.78 is 0. The number of hydrogen-bond acceptors (Lipinski definition) is 8. The third-order valence-electron chi connectivity index (χ3n) is 8.93. The van der Waals surface area contributed by atoms with Gasteiger partial charge in [0.15, 0.2) is 5.60 Å². The summed E-state index contributed by atoms with van der Waals surface area (Å²) in [6.07, 6.45) is 5.93. The number of aliphatic hydroxyl groups is 3. The quantitative estimate of drug-likeness (QED) is 0.0680. The van der Waals surface area contributed by atoms with Crippen LogP contribution in [0, 0.1) is 5.41 Å². The summed E-state index contributed by atoms with van der Waals surface area (Å²) in [5, 5.41) is 56.5. The number of nitrogens with zero attached hydrogens (tertiary/aromatic N) is 1. The van der Waals surface area contributed by atoms with Crippen LogP contribution in [0.3, 0.4) is 0 Å². The van der Waals surface area contributed by atoms with Crippen LogP contribution in [-0.2, 0) is 26.4 Å². The topological polar surface area (TPSA) is 185 Å². The predicted octanol–water partition coefficient (Wildman–Crippen LogP) is 7.22. The second-order valence-corrected chi connectivity index (χ2v) is 15.4. The van der Waals surface area contributed by atoms with Crippen LogP contribution >= 0.6 is 23.4 Å². The molecule has 0 saturated heterocycles. The van der Waals surface area contributed by atoms with Gasteiger partial charge in [-0.1, -0.05) is 78.3 Å². The predicted molar refractivity (Wildman–Crippen MR) is 203 cm³/mol. The summed E-state index contributed by atoms with van der Waals surface area (Å²) in [5.74, 6) is -4.06. The smallest absolute Gasteiger partial charge is 0.336 e. The number of pyridine rings is 1. The number of carboxylic acids is 3. The molecule has 10 nitrogen and oxygen atoms in total. The maximum atomic E-state index is 10.7. The van der Waals surface area contributed by atoms with Crippen molar-refractivity contribution in [2.45, 2.75) is 68.8 Å². The van der Waals surface area contributed by atoms with Crippen molar-refractivity contribution in [3.63, 3.8) is 0 Å². The Hall–Kier alpha value is -4.26. The van der Waals surface area contributed by atoms with Crippen LogP contribution in [0.1, 0.15) is 79.1 Å². The molecular formula is C40H44ClNO9S. The van der Waals surface area contributed by atoms with Gasteiger partial charge in [-0.3, -0.25) is 9.59 Å². The van der Waals surface area contributed by atoms with Crippen molar-refractivity contribution in [2.24, 2.45) is 5.41 Å². The van der Waals surface area contributed by atoms with Gasteiger partial charge in [0.05, 0.1) is 29.7 Å². The van der Waals surface area contributed by atoms with Crippen LogP contribution in [0.15, 0.2) is 78.9 Å². The first-order valence-electron chi connectivity index (χ1n) is 16.8. The molecule has 1 heterocycles. The lowest BCUT2D eigenvalue weighted by Crippen LogP contribution is -2.42. The molecule has 0 amide bonds. The molecule has 0 aliphatic heterocycles. The van der Waals surface area contributed by atoms with Gasteiger partial charge in [0.1, 0.15) is 0 Å². The number of fused-ring (bicyclic) bond motifs is 1. The average molecular weight is 750 g/mol. The molecule has 0 spiro atoms. The fourth-order valence-electron chi connectivity index (χ4n) is 5.73. The van der Waals surface area contributed by atoms with Crippen molar-refractivity contribution < 1.29 is 45.0 Å². The molecule has 6 N–H and O–H groups in total. The molecule has 52 heavy (non-hydrogen) atoms. The molecular weight excluding hydrogens is 706 g/mol. The number of carboxylic acid groups (broad SMARTS) is 3. The van der Waals surface area contributed by atoms with E-state index in [0.717, 1.165) is 59.2 Å². The molecule has 1 aliphatic carbocycles. The molecule has 276 valence electrons. The van der Waals surface area contributed by atoms with Crippen LogP contribution < -0.4 is 0 Å². The Balaban J connectivity index is 0.000000398. The third kappa shape index (κ3) is 11.6. The minimum absolute atomic E-state index is 0.0933. The molecule has 3 aromatic carbocycles. The highest BCUT2D eigenvalue weighted by atomic mass is 35.5. The van der Waals surface area contributed by atoms with E-state index in [0.29, 0.717) is 5.02 Å². The molecule has 5 rings (SSSR count). The first-order chi connectivity index (χ1) is 24.5. The first kappa shape index (κ1) is 40.5. The highest BCUT2D eigenvalue weighted by molar-refractivity contribution is 7.99. The number of aryl methyl sites for hydroxylation is 1. The monoisotopic (exact) mass is 749 g/mol. The van der Waals surface area contributed by atoms with Gasteiger partial charge < -0.3 is 30.6 Å². The zero-order valence-electron chi connectivity index (χ0n) is 29.0. The highest BCUT2D eigenvalue weighted by Crippen LogP contribution is 2.50. The summed E-state index contributed by atoms with van der Waals surface area (Å²) >= 11 is 8.12. The molecule has 4 aromatic rings. The fraction of sp³-hybridized carbons (Fsp3) is 0.350. The number of aromatic nitrogens is 1. The maximum Gasteiger partial charge on any atom is 0.336 e. The summed E-state index contributed by atoms with van der Waals surface area (Å²) in [5.41, 5.74) is 2.86. The Morgan fingerprint density at radius 2 is 1.58 bits per heavy atom. The number of thioether (sulfide) groups is 1. The van der Waals surface area contributed by atoms with E-state index < -0.39 is 42.0 Å². The summed E-state index contributed by atoms with van der Waals surface area (Å²) in [4.78, 5) is 35.2. The molecule has 1 saturated carbocycles. The van der Waals surface area contributed by atoms with Gasteiger partial charge in [-0.2, -0.15) is 11.8 Å². The Kier molecular flexibility index (Phi) is 13.6. The van der Waals surface area contributed by atoms with Crippen LogP contribution in [0.2, 0.25) is 5.02 Å². The second kappa shape index (κ2) is 17.5. The molecule has 0 unspecified atom stereocenters. The van der Waals surface area contributed by atoms with Crippen LogP contribution in [-0.4, -0.2) is 71.5 Å². The summed E-state index contributed by atoms with van der Waals surface area (Å²) in [6, 6.07) is 26.8. The Bertz CT molecular complexity index is 1900. The normalized spacial score (nSPS) is 14.4. The SMILES string of the molecule is CC(C)(O)c1ccccc1CC[C@@H](SCC1(CO)CC1)c1cccc(/C=C/c2ccc3ccc(Cl)cc3n2)c1.O=C(O)CC(O)(CC(=O)O)C(=O)O. The van der Waals surface area contributed by atoms with Gasteiger partial charge in [-0.15, -0.1) is 0 Å². The van der Waals surface area contributed by atoms with Crippen molar-refractivity contribution in [1.29, 1.82) is 0 Å². The lowest BCUT2D eigenvalue weighted by molar-refractivity contribution is -0.170. The van der Waals surface area contributed by atoms with E-state index in [1.165, 1.54) is 11.1 Å². The van der Waals surface area contributed by atoms with Gasteiger partial charge in [-0.05, 0) is 86.1 Å². The van der Waals surface area contributed by atoms with E-state index in [4.69, 9.17) is 37.0 Å². The van der Waals surface area contributed by atoms with E-state index in [-0.39, 0.29) is 17.3 Å². The number of hydrogen-bond donors (Lipinski definition) is 6. The van der Waals surface area contributed by atoms with Gasteiger partial charge in [0.25, 0.3) is 0 Å². The Labute approximate surface area is 311 Å². The van der Waals surface area contributed by atoms with E-state index in [1.807, 2.05) is 68.1 Å². The van der Waals surface area contributed by atoms with Crippen molar-refractivity contribution in [3.8, 4) is 0 Å². The number of rotatable bonds is 16. The van der Waals surface area contributed by atoms with Gasteiger partial charge >= 0.3 is 17.9 Å². The highest BCUT2D eigenvalue weighted by Gasteiger charge is 2.42. The second-order valence-electron chi connectivity index (χ2n) is 13.8. The zero-order valence-corrected chi connectivity index (χ0v) is 30.6. The molecule has 12 heteroatoms. The van der Waals surface area contributed by atoms with E-state index in [9.17, 15) is 24.6 Å². The van der Waals surface area contributed by atoms with Crippen molar-refractivity contribution in [3.05, 3.63) is 112 Å². The van der Waals surface area contributed by atoms with Gasteiger partial charge in [0.2, 0.25) is 0 Å². The number of halogens is 1. The van der Waals surface area contributed by atoms with Crippen LogP contribution in [0.5, 0.6) is 0 Å². The number of benzene rings is 3. The lowest BCUT2D eigenvalue weighted by Gasteiger charge is -2.24. The van der Waals surface area contributed by atoms with Crippen molar-refractivity contribution in [2.75, 3.05) is 12.4 Å². The van der Waals surface area contributed by atoms with Gasteiger partial charge in [-0.25, -0.2) is 9.78 Å². The zero-order chi connectivity index (χ0) is 38.1. The van der Waals surface area contributed by atoms with Crippen molar-refractivity contribution in [1.82, 2.24) is 4.98 Å². The molecule has 0 bridgehead atoms. The summed E-state index contributed by atoms with van der Waals surface area (Å²) in [7, 11) is 0.